The van der Waals surface area contributed by atoms with Crippen molar-refractivity contribution in [2.45, 2.75) is 36.6 Å². The summed E-state index contributed by atoms with van der Waals surface area (Å²) < 4.78 is 1.52. The standard InChI is InChI=1S/C26H24ClN3O3S/c27-18-9-12-22-17(14-18)15-23(34-22)26(33)29-21-5-3-4-20(21)28-25(32)16-7-10-19(11-8-16)30-13-2-1-6-24(30)31/h1-2,6-15,17,20-22H,3-5H2,(H,28,32)(H,29,33). The van der Waals surface area contributed by atoms with Gasteiger partial charge in [0.1, 0.15) is 0 Å². The predicted molar refractivity (Wildman–Crippen MR) is 135 cm³/mol. The molecule has 2 N–H and O–H groups in total. The number of carbonyl (C=O) groups is 2. The second kappa shape index (κ2) is 9.68. The molecule has 2 aliphatic carbocycles. The first-order valence-electron chi connectivity index (χ1n) is 11.3. The van der Waals surface area contributed by atoms with E-state index < -0.39 is 0 Å². The zero-order valence-electron chi connectivity index (χ0n) is 18.3. The van der Waals surface area contributed by atoms with Gasteiger partial charge in [-0.1, -0.05) is 35.9 Å². The van der Waals surface area contributed by atoms with Crippen molar-refractivity contribution in [2.24, 2.45) is 5.92 Å². The third kappa shape index (κ3) is 4.76. The summed E-state index contributed by atoms with van der Waals surface area (Å²) in [4.78, 5) is 38.5. The van der Waals surface area contributed by atoms with E-state index in [1.807, 2.05) is 24.3 Å². The van der Waals surface area contributed by atoms with Crippen LogP contribution >= 0.6 is 23.4 Å². The lowest BCUT2D eigenvalue weighted by Crippen LogP contribution is -2.48. The summed E-state index contributed by atoms with van der Waals surface area (Å²) in [6.45, 7) is 0. The van der Waals surface area contributed by atoms with E-state index in [1.54, 1.807) is 54.4 Å². The Morgan fingerprint density at radius 1 is 0.971 bits per heavy atom. The third-order valence-electron chi connectivity index (χ3n) is 6.39. The first-order chi connectivity index (χ1) is 16.5. The minimum Gasteiger partial charge on any atom is -0.347 e. The Bertz CT molecular complexity index is 1260. The maximum absolute atomic E-state index is 12.9. The first kappa shape index (κ1) is 22.7. The van der Waals surface area contributed by atoms with E-state index in [1.165, 1.54) is 10.6 Å². The molecule has 6 nitrogen and oxygen atoms in total. The van der Waals surface area contributed by atoms with E-state index in [0.29, 0.717) is 21.2 Å². The van der Waals surface area contributed by atoms with Crippen LogP contribution < -0.4 is 16.2 Å². The minimum atomic E-state index is -0.191. The van der Waals surface area contributed by atoms with Crippen LogP contribution in [0.3, 0.4) is 0 Å². The quantitative estimate of drug-likeness (QED) is 0.661. The van der Waals surface area contributed by atoms with Crippen molar-refractivity contribution in [3.63, 3.8) is 0 Å². The molecule has 4 atom stereocenters. The molecule has 1 aromatic heterocycles. The number of rotatable bonds is 5. The van der Waals surface area contributed by atoms with E-state index in [2.05, 4.69) is 10.6 Å². The number of aromatic nitrogens is 1. The second-order valence-electron chi connectivity index (χ2n) is 8.65. The highest BCUT2D eigenvalue weighted by Crippen LogP contribution is 2.41. The number of fused-ring (bicyclic) bond motifs is 1. The number of amides is 2. The van der Waals surface area contributed by atoms with E-state index >= 15 is 0 Å². The highest BCUT2D eigenvalue weighted by Gasteiger charge is 2.34. The van der Waals surface area contributed by atoms with Gasteiger partial charge in [0.15, 0.2) is 0 Å². The molecule has 3 aliphatic rings. The molecule has 34 heavy (non-hydrogen) atoms. The number of pyridine rings is 1. The van der Waals surface area contributed by atoms with Gasteiger partial charge < -0.3 is 10.6 Å². The molecule has 0 bridgehead atoms. The summed E-state index contributed by atoms with van der Waals surface area (Å²) in [7, 11) is 0. The van der Waals surface area contributed by atoms with Gasteiger partial charge >= 0.3 is 0 Å². The average Bonchev–Trinajstić information content (AvgIpc) is 3.46. The van der Waals surface area contributed by atoms with Gasteiger partial charge in [0.25, 0.3) is 17.4 Å². The molecule has 1 aliphatic heterocycles. The van der Waals surface area contributed by atoms with Gasteiger partial charge in [0.2, 0.25) is 0 Å². The molecule has 2 aromatic rings. The van der Waals surface area contributed by atoms with Gasteiger partial charge in [-0.05, 0) is 55.7 Å². The summed E-state index contributed by atoms with van der Waals surface area (Å²) in [5.74, 6) is -0.151. The molecule has 1 saturated carbocycles. The van der Waals surface area contributed by atoms with Crippen molar-refractivity contribution in [3.8, 4) is 5.69 Å². The van der Waals surface area contributed by atoms with Crippen LogP contribution in [0.1, 0.15) is 29.6 Å². The van der Waals surface area contributed by atoms with Gasteiger partial charge in [-0.15, -0.1) is 11.8 Å². The van der Waals surface area contributed by atoms with Crippen LogP contribution in [0.25, 0.3) is 5.69 Å². The highest BCUT2D eigenvalue weighted by molar-refractivity contribution is 8.05. The number of benzene rings is 1. The molecular formula is C26H24ClN3O3S. The van der Waals surface area contributed by atoms with Gasteiger partial charge in [-0.2, -0.15) is 0 Å². The number of nitrogens with one attached hydrogen (secondary N) is 2. The topological polar surface area (TPSA) is 80.2 Å². The SMILES string of the molecule is O=C(NC1CCCC1NC(=O)c1ccc(-n2ccccc2=O)cc1)C1=CC2C=C(Cl)C=CC2S1. The molecule has 1 fully saturated rings. The summed E-state index contributed by atoms with van der Waals surface area (Å²) >= 11 is 7.64. The average molecular weight is 494 g/mol. The van der Waals surface area contributed by atoms with E-state index in [4.69, 9.17) is 11.6 Å². The Balaban J connectivity index is 1.21. The largest absolute Gasteiger partial charge is 0.347 e. The molecular weight excluding hydrogens is 470 g/mol. The number of halogens is 1. The normalized spacial score (nSPS) is 25.3. The Kier molecular flexibility index (Phi) is 6.48. The summed E-state index contributed by atoms with van der Waals surface area (Å²) in [6.07, 6.45) is 12.1. The molecule has 174 valence electrons. The Hall–Kier alpha value is -3.03. The van der Waals surface area contributed by atoms with E-state index in [0.717, 1.165) is 19.3 Å². The predicted octanol–water partition coefficient (Wildman–Crippen LogP) is 3.91. The molecule has 2 amide bonds. The fourth-order valence-corrected chi connectivity index (χ4v) is 6.00. The summed E-state index contributed by atoms with van der Waals surface area (Å²) in [5, 5.41) is 7.11. The van der Waals surface area contributed by atoms with Crippen LogP contribution in [0, 0.1) is 5.92 Å². The molecule has 0 radical (unpaired) electrons. The summed E-state index contributed by atoms with van der Waals surface area (Å²) in [5.41, 5.74) is 1.08. The molecule has 0 spiro atoms. The Morgan fingerprint density at radius 2 is 1.71 bits per heavy atom. The Labute approximate surface area is 206 Å². The lowest BCUT2D eigenvalue weighted by molar-refractivity contribution is -0.117. The monoisotopic (exact) mass is 493 g/mol. The lowest BCUT2D eigenvalue weighted by atomic mass is 10.00. The molecule has 8 heteroatoms. The van der Waals surface area contributed by atoms with Crippen molar-refractivity contribution in [1.82, 2.24) is 15.2 Å². The third-order valence-corrected chi connectivity index (χ3v) is 7.96. The van der Waals surface area contributed by atoms with Crippen LogP contribution in [-0.4, -0.2) is 33.7 Å². The van der Waals surface area contributed by atoms with Crippen molar-refractivity contribution >= 4 is 35.2 Å². The molecule has 0 saturated heterocycles. The van der Waals surface area contributed by atoms with Gasteiger partial charge in [-0.25, -0.2) is 0 Å². The maximum atomic E-state index is 12.9. The highest BCUT2D eigenvalue weighted by atomic mass is 35.5. The molecule has 4 unspecified atom stereocenters. The van der Waals surface area contributed by atoms with E-state index in [-0.39, 0.29) is 40.6 Å². The van der Waals surface area contributed by atoms with Gasteiger partial charge in [0, 0.05) is 51.8 Å². The zero-order chi connectivity index (χ0) is 23.7. The van der Waals surface area contributed by atoms with Crippen LogP contribution in [0.5, 0.6) is 0 Å². The van der Waals surface area contributed by atoms with Gasteiger partial charge in [0.05, 0.1) is 4.91 Å². The molecule has 5 rings (SSSR count). The lowest BCUT2D eigenvalue weighted by Gasteiger charge is -2.22. The molecule has 2 heterocycles. The van der Waals surface area contributed by atoms with Crippen molar-refractivity contribution < 1.29 is 9.59 Å². The number of hydrogen-bond acceptors (Lipinski definition) is 4. The minimum absolute atomic E-state index is 0.0962. The Morgan fingerprint density at radius 3 is 2.44 bits per heavy atom. The zero-order valence-corrected chi connectivity index (χ0v) is 19.9. The fraction of sp³-hybridized carbons (Fsp3) is 0.269. The first-order valence-corrected chi connectivity index (χ1v) is 12.6. The van der Waals surface area contributed by atoms with Crippen molar-refractivity contribution in [2.75, 3.05) is 0 Å². The second-order valence-corrected chi connectivity index (χ2v) is 10.3. The number of nitrogens with zero attached hydrogens (tertiary/aromatic N) is 1. The van der Waals surface area contributed by atoms with E-state index in [9.17, 15) is 14.4 Å². The number of hydrogen-bond donors (Lipinski definition) is 2. The van der Waals surface area contributed by atoms with Crippen LogP contribution in [0.4, 0.5) is 0 Å². The van der Waals surface area contributed by atoms with Crippen LogP contribution in [0.15, 0.2) is 87.7 Å². The smallest absolute Gasteiger partial charge is 0.257 e. The molecule has 1 aromatic carbocycles. The summed E-state index contributed by atoms with van der Waals surface area (Å²) in [6, 6.07) is 11.6. The van der Waals surface area contributed by atoms with Crippen molar-refractivity contribution in [1.29, 1.82) is 0 Å². The van der Waals surface area contributed by atoms with Crippen molar-refractivity contribution in [3.05, 3.63) is 98.8 Å². The number of carbonyl (C=O) groups excluding carboxylic acids is 2. The van der Waals surface area contributed by atoms with Crippen LogP contribution in [0.2, 0.25) is 0 Å². The van der Waals surface area contributed by atoms with Gasteiger partial charge in [-0.3, -0.25) is 19.0 Å². The van der Waals surface area contributed by atoms with Crippen LogP contribution in [-0.2, 0) is 4.79 Å². The number of allylic oxidation sites excluding steroid dienone is 4. The maximum Gasteiger partial charge on any atom is 0.257 e. The number of thioether (sulfide) groups is 1. The fourth-order valence-electron chi connectivity index (χ4n) is 4.61.